The summed E-state index contributed by atoms with van der Waals surface area (Å²) in [4.78, 5) is 30.2. The Balaban J connectivity index is 1.59. The lowest BCUT2D eigenvalue weighted by Gasteiger charge is -2.34. The third-order valence-electron chi connectivity index (χ3n) is 8.63. The van der Waals surface area contributed by atoms with Crippen LogP contribution in [-0.4, -0.2) is 58.0 Å². The van der Waals surface area contributed by atoms with Crippen LogP contribution in [0.15, 0.2) is 102 Å². The van der Waals surface area contributed by atoms with Gasteiger partial charge in [-0.05, 0) is 54.8 Å². The molecule has 49 heavy (non-hydrogen) atoms. The molecule has 1 aliphatic carbocycles. The minimum atomic E-state index is -4.36. The molecule has 0 heterocycles. The van der Waals surface area contributed by atoms with E-state index in [1.165, 1.54) is 37.3 Å². The number of anilines is 1. The summed E-state index contributed by atoms with van der Waals surface area (Å²) in [6.45, 7) is -0.753. The number of rotatable bonds is 14. The van der Waals surface area contributed by atoms with E-state index < -0.39 is 28.5 Å². The minimum Gasteiger partial charge on any atom is -0.493 e. The highest BCUT2D eigenvalue weighted by Crippen LogP contribution is 2.33. The molecular weight excluding hydrogens is 685 g/mol. The SMILES string of the molecule is COc1ccc(S(=O)(=O)N(CC(=O)N(Cc2c(Cl)cccc2Cl)[C@@H](Cc2ccccc2)C(=O)NC2CCCC2)c2ccccc2)cc1OC. The summed E-state index contributed by atoms with van der Waals surface area (Å²) in [5, 5.41) is 3.79. The van der Waals surface area contributed by atoms with Gasteiger partial charge in [0.15, 0.2) is 11.5 Å². The molecule has 4 aromatic rings. The Kier molecular flexibility index (Phi) is 12.1. The molecular formula is C37H39Cl2N3O6S. The van der Waals surface area contributed by atoms with Gasteiger partial charge in [-0.3, -0.25) is 13.9 Å². The van der Waals surface area contributed by atoms with Crippen molar-refractivity contribution in [1.82, 2.24) is 10.2 Å². The quantitative estimate of drug-likeness (QED) is 0.152. The van der Waals surface area contributed by atoms with Gasteiger partial charge in [0, 0.05) is 40.7 Å². The maximum absolute atomic E-state index is 14.7. The third kappa shape index (κ3) is 8.68. The molecule has 0 unspecified atom stereocenters. The van der Waals surface area contributed by atoms with Gasteiger partial charge in [0.25, 0.3) is 10.0 Å². The second-order valence-electron chi connectivity index (χ2n) is 11.8. The highest BCUT2D eigenvalue weighted by atomic mass is 35.5. The molecule has 1 aliphatic rings. The number of nitrogens with one attached hydrogen (secondary N) is 1. The van der Waals surface area contributed by atoms with Crippen LogP contribution in [0.2, 0.25) is 10.0 Å². The van der Waals surface area contributed by atoms with Crippen molar-refractivity contribution < 1.29 is 27.5 Å². The number of carbonyl (C=O) groups is 2. The number of halogens is 2. The van der Waals surface area contributed by atoms with E-state index in [2.05, 4.69) is 5.32 Å². The maximum atomic E-state index is 14.7. The number of sulfonamides is 1. The predicted molar refractivity (Wildman–Crippen MR) is 192 cm³/mol. The number of carbonyl (C=O) groups excluding carboxylic acids is 2. The lowest BCUT2D eigenvalue weighted by atomic mass is 10.0. The zero-order valence-electron chi connectivity index (χ0n) is 27.4. The molecule has 258 valence electrons. The topological polar surface area (TPSA) is 105 Å². The van der Waals surface area contributed by atoms with E-state index in [4.69, 9.17) is 32.7 Å². The monoisotopic (exact) mass is 723 g/mol. The molecule has 2 amide bonds. The molecule has 1 fully saturated rings. The van der Waals surface area contributed by atoms with Crippen molar-refractivity contribution in [3.8, 4) is 11.5 Å². The average Bonchev–Trinajstić information content (AvgIpc) is 3.63. The van der Waals surface area contributed by atoms with E-state index in [-0.39, 0.29) is 41.2 Å². The fourth-order valence-corrected chi connectivity index (χ4v) is 7.95. The van der Waals surface area contributed by atoms with Crippen LogP contribution < -0.4 is 19.1 Å². The van der Waals surface area contributed by atoms with E-state index in [0.29, 0.717) is 21.4 Å². The van der Waals surface area contributed by atoms with Crippen LogP contribution in [0, 0.1) is 0 Å². The van der Waals surface area contributed by atoms with Crippen LogP contribution in [0.3, 0.4) is 0 Å². The van der Waals surface area contributed by atoms with E-state index in [9.17, 15) is 18.0 Å². The molecule has 0 spiro atoms. The highest BCUT2D eigenvalue weighted by molar-refractivity contribution is 7.92. The molecule has 1 saturated carbocycles. The van der Waals surface area contributed by atoms with Crippen LogP contribution >= 0.6 is 23.2 Å². The molecule has 0 bridgehead atoms. The average molecular weight is 725 g/mol. The maximum Gasteiger partial charge on any atom is 0.264 e. The van der Waals surface area contributed by atoms with E-state index in [1.807, 2.05) is 30.3 Å². The summed E-state index contributed by atoms with van der Waals surface area (Å²) in [6, 6.07) is 25.9. The Labute approximate surface area is 297 Å². The normalized spacial score (nSPS) is 13.8. The van der Waals surface area contributed by atoms with E-state index in [1.54, 1.807) is 48.5 Å². The summed E-state index contributed by atoms with van der Waals surface area (Å²) in [5.74, 6) is -0.388. The van der Waals surface area contributed by atoms with Crippen LogP contribution in [0.25, 0.3) is 0 Å². The summed E-state index contributed by atoms with van der Waals surface area (Å²) in [6.07, 6.45) is 3.89. The second-order valence-corrected chi connectivity index (χ2v) is 14.5. The van der Waals surface area contributed by atoms with Crippen molar-refractivity contribution in [2.45, 2.75) is 55.6 Å². The lowest BCUT2D eigenvalue weighted by Crippen LogP contribution is -2.54. The van der Waals surface area contributed by atoms with E-state index in [0.717, 1.165) is 35.6 Å². The first-order valence-corrected chi connectivity index (χ1v) is 18.2. The zero-order chi connectivity index (χ0) is 35.0. The largest absolute Gasteiger partial charge is 0.493 e. The van der Waals surface area contributed by atoms with Crippen LogP contribution in [0.5, 0.6) is 11.5 Å². The van der Waals surface area contributed by atoms with Gasteiger partial charge >= 0.3 is 0 Å². The second kappa shape index (κ2) is 16.4. The smallest absolute Gasteiger partial charge is 0.264 e. The van der Waals surface area contributed by atoms with Gasteiger partial charge in [0.05, 0.1) is 24.8 Å². The van der Waals surface area contributed by atoms with Gasteiger partial charge in [-0.1, -0.05) is 90.6 Å². The Morgan fingerprint density at radius 3 is 2.06 bits per heavy atom. The van der Waals surface area contributed by atoms with Gasteiger partial charge in [-0.15, -0.1) is 0 Å². The number of para-hydroxylation sites is 1. The summed E-state index contributed by atoms with van der Waals surface area (Å²) in [7, 11) is -1.49. The van der Waals surface area contributed by atoms with E-state index >= 15 is 0 Å². The third-order valence-corrected chi connectivity index (χ3v) is 11.1. The van der Waals surface area contributed by atoms with Gasteiger partial charge in [0.1, 0.15) is 12.6 Å². The van der Waals surface area contributed by atoms with Gasteiger partial charge in [-0.2, -0.15) is 0 Å². The van der Waals surface area contributed by atoms with Crippen molar-refractivity contribution in [1.29, 1.82) is 0 Å². The van der Waals surface area contributed by atoms with Crippen LogP contribution in [-0.2, 0) is 32.6 Å². The van der Waals surface area contributed by atoms with Gasteiger partial charge in [0.2, 0.25) is 11.8 Å². The number of amides is 2. The minimum absolute atomic E-state index is 0.0159. The highest BCUT2D eigenvalue weighted by Gasteiger charge is 2.36. The van der Waals surface area contributed by atoms with Crippen LogP contribution in [0.1, 0.15) is 36.8 Å². The fraction of sp³-hybridized carbons (Fsp3) is 0.297. The molecule has 5 rings (SSSR count). The molecule has 1 atom stereocenters. The Bertz CT molecular complexity index is 1830. The standard InChI is InChI=1S/C37H39Cl2N3O6S/c1-47-34-21-20-29(23-35(34)48-2)49(45,46)42(28-16-7-4-8-17-28)25-36(43)41(24-30-31(38)18-11-19-32(30)39)33(22-26-12-5-3-6-13-26)37(44)40-27-14-9-10-15-27/h3-8,11-13,16-21,23,27,33H,9-10,14-15,22,24-25H2,1-2H3,(H,40,44)/t33-/m0/s1. The number of ether oxygens (including phenoxy) is 2. The number of benzene rings is 4. The van der Waals surface area contributed by atoms with Crippen molar-refractivity contribution in [3.05, 3.63) is 118 Å². The Hall–Kier alpha value is -4.25. The molecule has 0 aromatic heterocycles. The summed E-state index contributed by atoms with van der Waals surface area (Å²) < 4.78 is 40.5. The lowest BCUT2D eigenvalue weighted by molar-refractivity contribution is -0.140. The molecule has 12 heteroatoms. The number of hydrogen-bond acceptors (Lipinski definition) is 6. The number of hydrogen-bond donors (Lipinski definition) is 1. The molecule has 9 nitrogen and oxygen atoms in total. The zero-order valence-corrected chi connectivity index (χ0v) is 29.7. The van der Waals surface area contributed by atoms with Crippen molar-refractivity contribution >= 4 is 50.7 Å². The molecule has 0 aliphatic heterocycles. The first kappa shape index (κ1) is 36.0. The molecule has 1 N–H and O–H groups in total. The first-order valence-electron chi connectivity index (χ1n) is 16.0. The number of methoxy groups -OCH3 is 2. The van der Waals surface area contributed by atoms with Crippen molar-refractivity contribution in [2.75, 3.05) is 25.1 Å². The van der Waals surface area contributed by atoms with Gasteiger partial charge in [-0.25, -0.2) is 8.42 Å². The number of nitrogens with zero attached hydrogens (tertiary/aromatic N) is 2. The Morgan fingerprint density at radius 1 is 0.837 bits per heavy atom. The van der Waals surface area contributed by atoms with Gasteiger partial charge < -0.3 is 19.7 Å². The molecule has 4 aromatic carbocycles. The predicted octanol–water partition coefficient (Wildman–Crippen LogP) is 6.90. The van der Waals surface area contributed by atoms with Crippen molar-refractivity contribution in [3.63, 3.8) is 0 Å². The molecule has 0 saturated heterocycles. The summed E-state index contributed by atoms with van der Waals surface area (Å²) in [5.41, 5.74) is 1.53. The fourth-order valence-electron chi connectivity index (χ4n) is 6.00. The first-order chi connectivity index (χ1) is 23.6. The Morgan fingerprint density at radius 2 is 1.45 bits per heavy atom. The van der Waals surface area contributed by atoms with Crippen LogP contribution in [0.4, 0.5) is 5.69 Å². The summed E-state index contributed by atoms with van der Waals surface area (Å²) >= 11 is 13.2. The van der Waals surface area contributed by atoms with Crippen molar-refractivity contribution in [2.24, 2.45) is 0 Å². The molecule has 0 radical (unpaired) electrons.